The molecule has 0 atom stereocenters. The molecule has 0 unspecified atom stereocenters. The van der Waals surface area contributed by atoms with Gasteiger partial charge in [0.05, 0.1) is 0 Å². The van der Waals surface area contributed by atoms with Crippen LogP contribution in [-0.4, -0.2) is 19.7 Å². The maximum absolute atomic E-state index is 10.7. The van der Waals surface area contributed by atoms with Crippen molar-refractivity contribution < 1.29 is 5.11 Å². The molecule has 0 saturated carbocycles. The molecule has 0 radical (unpaired) electrons. The van der Waals surface area contributed by atoms with Crippen LogP contribution in [0.1, 0.15) is 0 Å². The van der Waals surface area contributed by atoms with Crippen LogP contribution in [0.3, 0.4) is 0 Å². The van der Waals surface area contributed by atoms with Gasteiger partial charge in [0.2, 0.25) is 4.96 Å². The van der Waals surface area contributed by atoms with E-state index in [0.29, 0.717) is 4.96 Å². The second kappa shape index (κ2) is 1.76. The van der Waals surface area contributed by atoms with Crippen LogP contribution in [0.2, 0.25) is 0 Å². The molecule has 0 saturated heterocycles. The Morgan fingerprint density at radius 2 is 2.45 bits per heavy atom. The van der Waals surface area contributed by atoms with Gasteiger partial charge in [-0.2, -0.15) is 4.98 Å². The van der Waals surface area contributed by atoms with Gasteiger partial charge in [-0.25, -0.2) is 9.61 Å². The molecule has 2 heterocycles. The van der Waals surface area contributed by atoms with Crippen molar-refractivity contribution in [1.29, 1.82) is 0 Å². The number of nitrogens with two attached hydrogens (primary N) is 1. The van der Waals surface area contributed by atoms with Gasteiger partial charge >= 0.3 is 4.87 Å². The normalized spacial score (nSPS) is 10.9. The Morgan fingerprint density at radius 3 is 3.09 bits per heavy atom. The topological polar surface area (TPSA) is 96.4 Å². The monoisotopic (exact) mass is 172 g/mol. The fraction of sp³-hybridized carbons (Fsp3) is 0. The predicted molar refractivity (Wildman–Crippen MR) is 39.8 cm³/mol. The van der Waals surface area contributed by atoms with Crippen molar-refractivity contribution in [2.24, 2.45) is 0 Å². The van der Waals surface area contributed by atoms with E-state index in [1.165, 1.54) is 4.52 Å². The van der Waals surface area contributed by atoms with Gasteiger partial charge in [0, 0.05) is 0 Å². The standard InChI is InChI=1S/C4H4N4O2S/c5-1-2(9)6-3-8(1)7-4(10)11-3/h9H,5H2,(H,7,10). The van der Waals surface area contributed by atoms with Gasteiger partial charge in [0.25, 0.3) is 5.88 Å². The largest absolute Gasteiger partial charge is 0.491 e. The van der Waals surface area contributed by atoms with Gasteiger partial charge in [-0.05, 0) is 11.3 Å². The molecule has 11 heavy (non-hydrogen) atoms. The summed E-state index contributed by atoms with van der Waals surface area (Å²) in [6.07, 6.45) is 0. The lowest BCUT2D eigenvalue weighted by molar-refractivity contribution is 0.460. The van der Waals surface area contributed by atoms with Crippen molar-refractivity contribution in [3.05, 3.63) is 9.67 Å². The van der Waals surface area contributed by atoms with Crippen molar-refractivity contribution in [2.45, 2.75) is 0 Å². The number of nitrogens with zero attached hydrogens (tertiary/aromatic N) is 2. The molecule has 0 amide bonds. The molecule has 0 aliphatic heterocycles. The number of fused-ring (bicyclic) bond motifs is 1. The van der Waals surface area contributed by atoms with Gasteiger partial charge in [0.15, 0.2) is 5.82 Å². The second-order valence-electron chi connectivity index (χ2n) is 1.94. The Balaban J connectivity index is 2.99. The summed E-state index contributed by atoms with van der Waals surface area (Å²) in [5.74, 6) is -0.203. The molecule has 2 aromatic heterocycles. The summed E-state index contributed by atoms with van der Waals surface area (Å²) in [7, 11) is 0. The first kappa shape index (κ1) is 6.23. The lowest BCUT2D eigenvalue weighted by atomic mass is 10.7. The molecule has 4 N–H and O–H groups in total. The number of nitrogen functional groups attached to an aromatic ring is 1. The molecule has 0 spiro atoms. The average molecular weight is 172 g/mol. The number of aromatic hydroxyl groups is 1. The summed E-state index contributed by atoms with van der Waals surface area (Å²) in [5.41, 5.74) is 5.34. The van der Waals surface area contributed by atoms with E-state index in [1.807, 2.05) is 0 Å². The van der Waals surface area contributed by atoms with Gasteiger partial charge < -0.3 is 10.8 Å². The van der Waals surface area contributed by atoms with Crippen LogP contribution < -0.4 is 10.6 Å². The van der Waals surface area contributed by atoms with E-state index in [1.54, 1.807) is 0 Å². The molecule has 0 bridgehead atoms. The molecule has 6 nitrogen and oxygen atoms in total. The van der Waals surface area contributed by atoms with Crippen LogP contribution in [0, 0.1) is 0 Å². The fourth-order valence-corrected chi connectivity index (χ4v) is 1.44. The van der Waals surface area contributed by atoms with Crippen molar-refractivity contribution >= 4 is 22.1 Å². The highest BCUT2D eigenvalue weighted by Crippen LogP contribution is 2.19. The number of imidazole rings is 1. The van der Waals surface area contributed by atoms with Crippen LogP contribution in [-0.2, 0) is 0 Å². The van der Waals surface area contributed by atoms with E-state index < -0.39 is 0 Å². The van der Waals surface area contributed by atoms with Gasteiger partial charge in [0.1, 0.15) is 0 Å². The molecule has 7 heteroatoms. The van der Waals surface area contributed by atoms with Gasteiger partial charge in [-0.15, -0.1) is 0 Å². The van der Waals surface area contributed by atoms with Crippen molar-refractivity contribution in [3.63, 3.8) is 0 Å². The number of aromatic nitrogens is 3. The molecule has 58 valence electrons. The minimum Gasteiger partial charge on any atom is -0.491 e. The van der Waals surface area contributed by atoms with E-state index in [9.17, 15) is 4.79 Å². The fourth-order valence-electron chi connectivity index (χ4n) is 0.774. The van der Waals surface area contributed by atoms with E-state index in [0.717, 1.165) is 11.3 Å². The first-order chi connectivity index (χ1) is 5.18. The van der Waals surface area contributed by atoms with Crippen LogP contribution in [0.15, 0.2) is 4.79 Å². The zero-order valence-corrected chi connectivity index (χ0v) is 6.05. The summed E-state index contributed by atoms with van der Waals surface area (Å²) in [4.78, 5) is 14.4. The van der Waals surface area contributed by atoms with Gasteiger partial charge in [-0.3, -0.25) is 4.79 Å². The number of nitrogens with one attached hydrogen (secondary N) is 1. The number of rotatable bonds is 0. The Kier molecular flexibility index (Phi) is 0.994. The summed E-state index contributed by atoms with van der Waals surface area (Å²) >= 11 is 0.888. The molecule has 2 rings (SSSR count). The van der Waals surface area contributed by atoms with Crippen molar-refractivity contribution in [3.8, 4) is 5.88 Å². The lowest BCUT2D eigenvalue weighted by Crippen LogP contribution is -2.00. The summed E-state index contributed by atoms with van der Waals surface area (Å²) in [5, 5.41) is 11.3. The number of hydrogen-bond acceptors (Lipinski definition) is 5. The third-order valence-corrected chi connectivity index (χ3v) is 1.98. The van der Waals surface area contributed by atoms with E-state index in [4.69, 9.17) is 10.8 Å². The number of hydrogen-bond donors (Lipinski definition) is 3. The third-order valence-electron chi connectivity index (χ3n) is 1.25. The zero-order valence-electron chi connectivity index (χ0n) is 5.24. The van der Waals surface area contributed by atoms with Crippen molar-refractivity contribution in [1.82, 2.24) is 14.6 Å². The molecule has 0 fully saturated rings. The molecule has 0 aliphatic rings. The molecular formula is C4H4N4O2S. The highest BCUT2D eigenvalue weighted by Gasteiger charge is 2.09. The predicted octanol–water partition coefficient (Wildman–Crippen LogP) is -0.628. The lowest BCUT2D eigenvalue weighted by Gasteiger charge is -1.85. The minimum atomic E-state index is -0.257. The summed E-state index contributed by atoms with van der Waals surface area (Å²) in [6, 6.07) is 0. The SMILES string of the molecule is Nc1c(O)nc2sc(=O)[nH]n12. The van der Waals surface area contributed by atoms with Gasteiger partial charge in [-0.1, -0.05) is 0 Å². The number of aromatic amines is 1. The Hall–Kier alpha value is -1.50. The van der Waals surface area contributed by atoms with Crippen LogP contribution in [0.4, 0.5) is 5.82 Å². The first-order valence-corrected chi connectivity index (χ1v) is 3.56. The highest BCUT2D eigenvalue weighted by atomic mass is 32.1. The second-order valence-corrected chi connectivity index (χ2v) is 2.88. The number of H-pyrrole nitrogens is 1. The zero-order chi connectivity index (χ0) is 8.01. The smallest absolute Gasteiger partial charge is 0.322 e. The molecular weight excluding hydrogens is 168 g/mol. The quantitative estimate of drug-likeness (QED) is 0.493. The molecule has 0 aromatic carbocycles. The van der Waals surface area contributed by atoms with Crippen LogP contribution >= 0.6 is 11.3 Å². The molecule has 2 aromatic rings. The van der Waals surface area contributed by atoms with E-state index >= 15 is 0 Å². The maximum atomic E-state index is 10.7. The first-order valence-electron chi connectivity index (χ1n) is 2.74. The molecule has 0 aliphatic carbocycles. The Morgan fingerprint density at radius 1 is 1.73 bits per heavy atom. The van der Waals surface area contributed by atoms with Crippen molar-refractivity contribution in [2.75, 3.05) is 5.73 Å². The van der Waals surface area contributed by atoms with E-state index in [-0.39, 0.29) is 16.6 Å². The summed E-state index contributed by atoms with van der Waals surface area (Å²) in [6.45, 7) is 0. The minimum absolute atomic E-state index is 0.0540. The maximum Gasteiger partial charge on any atom is 0.322 e. The van der Waals surface area contributed by atoms with Crippen LogP contribution in [0.5, 0.6) is 5.88 Å². The average Bonchev–Trinajstić information content (AvgIpc) is 2.37. The highest BCUT2D eigenvalue weighted by molar-refractivity contribution is 7.14. The Bertz CT molecular complexity index is 452. The van der Waals surface area contributed by atoms with E-state index in [2.05, 4.69) is 10.1 Å². The Labute approximate surface area is 63.9 Å². The van der Waals surface area contributed by atoms with Crippen LogP contribution in [0.25, 0.3) is 4.96 Å². The summed E-state index contributed by atoms with van der Waals surface area (Å²) < 4.78 is 1.24. The third kappa shape index (κ3) is 0.709. The number of anilines is 1.